The Hall–Kier alpha value is -3.09. The molecule has 2 atom stereocenters. The summed E-state index contributed by atoms with van der Waals surface area (Å²) in [5.41, 5.74) is 0.221. The molecule has 0 fully saturated rings. The normalized spacial score (nSPS) is 13.0. The molecular weight excluding hydrogens is 400 g/mol. The average Bonchev–Trinajstić information content (AvgIpc) is 2.69. The number of carbonyl (C=O) groups excluding carboxylic acids is 2. The fourth-order valence-electron chi connectivity index (χ4n) is 3.43. The minimum Gasteiger partial charge on any atom is -0.507 e. The van der Waals surface area contributed by atoms with Crippen molar-refractivity contribution in [2.45, 2.75) is 66.9 Å². The maximum Gasteiger partial charge on any atom is 0.336 e. The number of ketones is 1. The molecule has 7 nitrogen and oxygen atoms in total. The number of ether oxygens (including phenoxy) is 1. The first-order chi connectivity index (χ1) is 14.5. The van der Waals surface area contributed by atoms with Gasteiger partial charge in [0.1, 0.15) is 23.2 Å². The van der Waals surface area contributed by atoms with Crippen molar-refractivity contribution in [3.8, 4) is 11.5 Å². The van der Waals surface area contributed by atoms with Crippen LogP contribution in [0.3, 0.4) is 0 Å². The standard InChI is InChI=1S/C24H30O7/c1-7-13(5)21(27)20-23(29)15(10-9-12(3)4)22(28)19-16(11-18(26)31-24(19)20)17(8-2)30-14(6)25/h9,11,13,17,28-29H,7-8,10H2,1-6H3. The van der Waals surface area contributed by atoms with Gasteiger partial charge in [0.25, 0.3) is 0 Å². The zero-order valence-corrected chi connectivity index (χ0v) is 18.9. The number of phenols is 2. The van der Waals surface area contributed by atoms with Crippen LogP contribution in [0, 0.1) is 5.92 Å². The quantitative estimate of drug-likeness (QED) is 0.263. The Balaban J connectivity index is 3.04. The minimum absolute atomic E-state index is 0.0920. The molecule has 1 aromatic heterocycles. The summed E-state index contributed by atoms with van der Waals surface area (Å²) in [7, 11) is 0. The van der Waals surface area contributed by atoms with Crippen LogP contribution in [0.15, 0.2) is 26.9 Å². The van der Waals surface area contributed by atoms with Gasteiger partial charge in [-0.05, 0) is 33.1 Å². The van der Waals surface area contributed by atoms with Crippen molar-refractivity contribution < 1.29 is 29.0 Å². The van der Waals surface area contributed by atoms with E-state index in [1.54, 1.807) is 19.9 Å². The number of fused-ring (bicyclic) bond motifs is 1. The van der Waals surface area contributed by atoms with E-state index < -0.39 is 35.1 Å². The summed E-state index contributed by atoms with van der Waals surface area (Å²) in [6.07, 6.45) is 1.98. The molecule has 0 aliphatic carbocycles. The number of allylic oxidation sites excluding steroid dienone is 2. The molecule has 0 saturated carbocycles. The Morgan fingerprint density at radius 3 is 2.29 bits per heavy atom. The lowest BCUT2D eigenvalue weighted by molar-refractivity contribution is -0.146. The SMILES string of the molecule is CCC(C)C(=O)c1c(O)c(CC=C(C)C)c(O)c2c(C(CC)OC(C)=O)cc(=O)oc12. The maximum atomic E-state index is 13.1. The van der Waals surface area contributed by atoms with Crippen LogP contribution in [-0.4, -0.2) is 22.0 Å². The van der Waals surface area contributed by atoms with Crippen LogP contribution in [0.25, 0.3) is 11.0 Å². The van der Waals surface area contributed by atoms with Gasteiger partial charge in [0, 0.05) is 30.0 Å². The van der Waals surface area contributed by atoms with Crippen molar-refractivity contribution in [2.75, 3.05) is 0 Å². The lowest BCUT2D eigenvalue weighted by Crippen LogP contribution is -2.16. The van der Waals surface area contributed by atoms with E-state index in [4.69, 9.17) is 9.15 Å². The third kappa shape index (κ3) is 4.98. The van der Waals surface area contributed by atoms with Crippen molar-refractivity contribution in [1.82, 2.24) is 0 Å². The maximum absolute atomic E-state index is 13.1. The molecule has 0 saturated heterocycles. The first kappa shape index (κ1) is 24.2. The molecule has 0 amide bonds. The van der Waals surface area contributed by atoms with Crippen LogP contribution in [-0.2, 0) is 16.0 Å². The van der Waals surface area contributed by atoms with Crippen LogP contribution in [0.1, 0.15) is 82.0 Å². The van der Waals surface area contributed by atoms with Crippen LogP contribution in [0.4, 0.5) is 0 Å². The Labute approximate surface area is 181 Å². The second-order valence-corrected chi connectivity index (χ2v) is 7.94. The van der Waals surface area contributed by atoms with E-state index in [0.29, 0.717) is 12.8 Å². The van der Waals surface area contributed by atoms with Gasteiger partial charge in [0.05, 0.1) is 5.39 Å². The second-order valence-electron chi connectivity index (χ2n) is 7.94. The number of rotatable bonds is 8. The number of carbonyl (C=O) groups is 2. The zero-order chi connectivity index (χ0) is 23.5. The largest absolute Gasteiger partial charge is 0.507 e. The van der Waals surface area contributed by atoms with Crippen molar-refractivity contribution in [3.63, 3.8) is 0 Å². The van der Waals surface area contributed by atoms with Gasteiger partial charge in [-0.25, -0.2) is 4.79 Å². The molecular formula is C24H30O7. The number of phenolic OH excluding ortho intramolecular Hbond substituents is 2. The lowest BCUT2D eigenvalue weighted by atomic mass is 9.89. The zero-order valence-electron chi connectivity index (χ0n) is 18.9. The van der Waals surface area contributed by atoms with Crippen molar-refractivity contribution in [3.05, 3.63) is 44.8 Å². The van der Waals surface area contributed by atoms with Crippen LogP contribution < -0.4 is 5.63 Å². The van der Waals surface area contributed by atoms with E-state index in [1.165, 1.54) is 6.92 Å². The fourth-order valence-corrected chi connectivity index (χ4v) is 3.43. The van der Waals surface area contributed by atoms with Crippen LogP contribution in [0.2, 0.25) is 0 Å². The van der Waals surface area contributed by atoms with Gasteiger partial charge in [-0.1, -0.05) is 32.4 Å². The van der Waals surface area contributed by atoms with Gasteiger partial charge >= 0.3 is 11.6 Å². The summed E-state index contributed by atoms with van der Waals surface area (Å²) in [6, 6.07) is 1.15. The first-order valence-corrected chi connectivity index (χ1v) is 10.4. The summed E-state index contributed by atoms with van der Waals surface area (Å²) in [4.78, 5) is 37.1. The number of aromatic hydroxyl groups is 2. The van der Waals surface area contributed by atoms with E-state index in [2.05, 4.69) is 0 Å². The van der Waals surface area contributed by atoms with E-state index >= 15 is 0 Å². The monoisotopic (exact) mass is 430 g/mol. The van der Waals surface area contributed by atoms with Crippen LogP contribution in [0.5, 0.6) is 11.5 Å². The average molecular weight is 430 g/mol. The van der Waals surface area contributed by atoms with Gasteiger partial charge in [0.15, 0.2) is 11.4 Å². The highest BCUT2D eigenvalue weighted by molar-refractivity contribution is 6.12. The predicted octanol–water partition coefficient (Wildman–Crippen LogP) is 4.96. The minimum atomic E-state index is -0.831. The van der Waals surface area contributed by atoms with Gasteiger partial charge in [-0.2, -0.15) is 0 Å². The molecule has 0 radical (unpaired) electrons. The molecule has 2 aromatic rings. The van der Waals surface area contributed by atoms with Crippen molar-refractivity contribution in [1.29, 1.82) is 0 Å². The van der Waals surface area contributed by atoms with E-state index in [9.17, 15) is 24.6 Å². The number of benzene rings is 1. The number of Topliss-reactive ketones (excluding diaryl/α,β-unsaturated/α-hetero) is 1. The summed E-state index contributed by atoms with van der Waals surface area (Å²) >= 11 is 0. The first-order valence-electron chi connectivity index (χ1n) is 10.4. The highest BCUT2D eigenvalue weighted by Gasteiger charge is 2.30. The molecule has 1 aromatic carbocycles. The van der Waals surface area contributed by atoms with Gasteiger partial charge in [-0.3, -0.25) is 9.59 Å². The molecule has 7 heteroatoms. The summed E-state index contributed by atoms with van der Waals surface area (Å²) in [5.74, 6) is -2.11. The molecule has 31 heavy (non-hydrogen) atoms. The fraction of sp³-hybridized carbons (Fsp3) is 0.458. The molecule has 0 aliphatic rings. The third-order valence-corrected chi connectivity index (χ3v) is 5.31. The van der Waals surface area contributed by atoms with Gasteiger partial charge < -0.3 is 19.4 Å². The summed E-state index contributed by atoms with van der Waals surface area (Å²) in [6.45, 7) is 10.3. The number of esters is 1. The molecule has 0 spiro atoms. The second kappa shape index (κ2) is 9.81. The molecule has 0 bridgehead atoms. The van der Waals surface area contributed by atoms with E-state index in [1.807, 2.05) is 20.8 Å². The predicted molar refractivity (Wildman–Crippen MR) is 118 cm³/mol. The van der Waals surface area contributed by atoms with Crippen molar-refractivity contribution in [2.24, 2.45) is 5.92 Å². The van der Waals surface area contributed by atoms with E-state index in [-0.39, 0.29) is 39.8 Å². The molecule has 1 heterocycles. The van der Waals surface area contributed by atoms with E-state index in [0.717, 1.165) is 11.6 Å². The molecule has 2 rings (SSSR count). The van der Waals surface area contributed by atoms with Gasteiger partial charge in [-0.15, -0.1) is 0 Å². The van der Waals surface area contributed by atoms with Crippen molar-refractivity contribution >= 4 is 22.7 Å². The highest BCUT2D eigenvalue weighted by atomic mass is 16.5. The highest BCUT2D eigenvalue weighted by Crippen LogP contribution is 2.44. The topological polar surface area (TPSA) is 114 Å². The van der Waals surface area contributed by atoms with Crippen LogP contribution >= 0.6 is 0 Å². The summed E-state index contributed by atoms with van der Waals surface area (Å²) in [5, 5.41) is 22.1. The Bertz CT molecular complexity index is 1090. The Kier molecular flexibility index (Phi) is 7.65. The molecule has 2 N–H and O–H groups in total. The Morgan fingerprint density at radius 1 is 1.13 bits per heavy atom. The molecule has 0 aliphatic heterocycles. The molecule has 168 valence electrons. The Morgan fingerprint density at radius 2 is 1.77 bits per heavy atom. The lowest BCUT2D eigenvalue weighted by Gasteiger charge is -2.21. The smallest absolute Gasteiger partial charge is 0.336 e. The summed E-state index contributed by atoms with van der Waals surface area (Å²) < 4.78 is 10.7. The molecule has 2 unspecified atom stereocenters. The number of hydrogen-bond acceptors (Lipinski definition) is 7. The number of hydrogen-bond donors (Lipinski definition) is 2. The third-order valence-electron chi connectivity index (χ3n) is 5.31. The van der Waals surface area contributed by atoms with Gasteiger partial charge in [0.2, 0.25) is 0 Å².